The maximum absolute atomic E-state index is 5.48. The molecule has 0 N–H and O–H groups in total. The number of benzene rings is 4. The molecular formula is C28H22O2. The van der Waals surface area contributed by atoms with Crippen molar-refractivity contribution >= 4 is 0 Å². The van der Waals surface area contributed by atoms with Gasteiger partial charge >= 0.3 is 0 Å². The highest BCUT2D eigenvalue weighted by molar-refractivity contribution is 5.86. The van der Waals surface area contributed by atoms with E-state index >= 15 is 0 Å². The summed E-state index contributed by atoms with van der Waals surface area (Å²) in [4.78, 5) is 0. The minimum atomic E-state index is -0.411. The first-order valence-electron chi connectivity index (χ1n) is 10.0. The lowest BCUT2D eigenvalue weighted by Gasteiger charge is -2.34. The zero-order valence-corrected chi connectivity index (χ0v) is 16.8. The van der Waals surface area contributed by atoms with Crippen LogP contribution in [0.15, 0.2) is 110 Å². The summed E-state index contributed by atoms with van der Waals surface area (Å²) >= 11 is 0. The average molecular weight is 390 g/mol. The van der Waals surface area contributed by atoms with E-state index in [-0.39, 0.29) is 0 Å². The van der Waals surface area contributed by atoms with Crippen LogP contribution < -0.4 is 9.47 Å². The van der Waals surface area contributed by atoms with E-state index in [1.165, 1.54) is 39.6 Å². The van der Waals surface area contributed by atoms with E-state index in [0.29, 0.717) is 0 Å². The van der Waals surface area contributed by atoms with Gasteiger partial charge in [-0.3, -0.25) is 0 Å². The van der Waals surface area contributed by atoms with Gasteiger partial charge in [0.1, 0.15) is 11.5 Å². The van der Waals surface area contributed by atoms with Crippen LogP contribution in [0.5, 0.6) is 11.5 Å². The van der Waals surface area contributed by atoms with Crippen molar-refractivity contribution in [3.63, 3.8) is 0 Å². The third kappa shape index (κ3) is 2.57. The molecule has 0 atom stereocenters. The van der Waals surface area contributed by atoms with E-state index < -0.39 is 5.41 Å². The molecule has 4 aromatic carbocycles. The van der Waals surface area contributed by atoms with Gasteiger partial charge in [0.05, 0.1) is 18.8 Å². The first-order chi connectivity index (χ1) is 14.8. The third-order valence-electron chi connectivity index (χ3n) is 5.98. The minimum Gasteiger partial charge on any atom is -0.497 e. The molecule has 2 heteroatoms. The summed E-state index contributed by atoms with van der Waals surface area (Å²) in [7, 11) is 1.70. The number of fused-ring (bicyclic) bond motifs is 3. The summed E-state index contributed by atoms with van der Waals surface area (Å²) in [6.45, 7) is 3.66. The SMILES string of the molecule is C=COc1ccc(C2(c3ccc(OC)cc3)c3ccccc3-c3ccccc32)cc1. The number of methoxy groups -OCH3 is 1. The standard InChI is InChI=1S/C28H22O2/c1-3-30-23-18-14-21(15-19-23)28(20-12-16-22(29-2)17-13-20)26-10-6-4-8-24(26)25-9-5-7-11-27(25)28/h3-19H,1H2,2H3. The molecule has 30 heavy (non-hydrogen) atoms. The third-order valence-corrected chi connectivity index (χ3v) is 5.98. The van der Waals surface area contributed by atoms with Crippen molar-refractivity contribution < 1.29 is 9.47 Å². The van der Waals surface area contributed by atoms with Crippen molar-refractivity contribution in [2.75, 3.05) is 7.11 Å². The van der Waals surface area contributed by atoms with Crippen molar-refractivity contribution in [2.24, 2.45) is 0 Å². The Hall–Kier alpha value is -3.78. The lowest BCUT2D eigenvalue weighted by molar-refractivity contribution is 0.414. The fourth-order valence-corrected chi connectivity index (χ4v) is 4.74. The summed E-state index contributed by atoms with van der Waals surface area (Å²) < 4.78 is 10.9. The predicted molar refractivity (Wildman–Crippen MR) is 121 cm³/mol. The van der Waals surface area contributed by atoms with Gasteiger partial charge in [0.25, 0.3) is 0 Å². The summed E-state index contributed by atoms with van der Waals surface area (Å²) in [5.74, 6) is 1.63. The molecular weight excluding hydrogens is 368 g/mol. The molecule has 0 unspecified atom stereocenters. The van der Waals surface area contributed by atoms with Gasteiger partial charge in [-0.15, -0.1) is 0 Å². The van der Waals surface area contributed by atoms with Gasteiger partial charge in [-0.25, -0.2) is 0 Å². The van der Waals surface area contributed by atoms with Crippen LogP contribution in [0, 0.1) is 0 Å². The molecule has 0 heterocycles. The molecule has 2 nitrogen and oxygen atoms in total. The van der Waals surface area contributed by atoms with Crippen LogP contribution in [0.25, 0.3) is 11.1 Å². The number of rotatable bonds is 5. The van der Waals surface area contributed by atoms with E-state index in [2.05, 4.69) is 79.4 Å². The van der Waals surface area contributed by atoms with E-state index in [1.807, 2.05) is 24.3 Å². The lowest BCUT2D eigenvalue weighted by Crippen LogP contribution is -2.28. The number of ether oxygens (including phenoxy) is 2. The molecule has 0 amide bonds. The Morgan fingerprint density at radius 3 is 1.57 bits per heavy atom. The van der Waals surface area contributed by atoms with Crippen LogP contribution in [0.4, 0.5) is 0 Å². The van der Waals surface area contributed by atoms with Crippen molar-refractivity contribution in [1.29, 1.82) is 0 Å². The van der Waals surface area contributed by atoms with Gasteiger partial charge in [-0.1, -0.05) is 79.4 Å². The molecule has 0 spiro atoms. The quantitative estimate of drug-likeness (QED) is 0.316. The van der Waals surface area contributed by atoms with Crippen molar-refractivity contribution in [3.8, 4) is 22.6 Å². The summed E-state index contributed by atoms with van der Waals surface area (Å²) in [6.07, 6.45) is 1.45. The van der Waals surface area contributed by atoms with Crippen LogP contribution in [0.3, 0.4) is 0 Å². The Balaban J connectivity index is 1.85. The monoisotopic (exact) mass is 390 g/mol. The van der Waals surface area contributed by atoms with Crippen LogP contribution in [0.1, 0.15) is 22.3 Å². The fourth-order valence-electron chi connectivity index (χ4n) is 4.74. The second-order valence-corrected chi connectivity index (χ2v) is 7.38. The molecule has 0 radical (unpaired) electrons. The van der Waals surface area contributed by atoms with E-state index in [4.69, 9.17) is 9.47 Å². The summed E-state index contributed by atoms with van der Waals surface area (Å²) in [5, 5.41) is 0. The van der Waals surface area contributed by atoms with Crippen molar-refractivity contribution in [3.05, 3.63) is 132 Å². The Bertz CT molecular complexity index is 1160. The molecule has 0 saturated heterocycles. The fraction of sp³-hybridized carbons (Fsp3) is 0.0714. The molecule has 1 aliphatic carbocycles. The van der Waals surface area contributed by atoms with Gasteiger partial charge < -0.3 is 9.47 Å². The molecule has 4 aromatic rings. The highest BCUT2D eigenvalue weighted by atomic mass is 16.5. The van der Waals surface area contributed by atoms with E-state index in [9.17, 15) is 0 Å². The Labute approximate surface area is 177 Å². The molecule has 0 bridgehead atoms. The molecule has 5 rings (SSSR count). The molecule has 1 aliphatic rings. The molecule has 0 aliphatic heterocycles. The van der Waals surface area contributed by atoms with Gasteiger partial charge in [0, 0.05) is 0 Å². The van der Waals surface area contributed by atoms with Crippen molar-refractivity contribution in [2.45, 2.75) is 5.41 Å². The highest BCUT2D eigenvalue weighted by Crippen LogP contribution is 2.56. The van der Waals surface area contributed by atoms with E-state index in [0.717, 1.165) is 11.5 Å². The van der Waals surface area contributed by atoms with Crippen molar-refractivity contribution in [1.82, 2.24) is 0 Å². The van der Waals surface area contributed by atoms with Gasteiger partial charge in [0.15, 0.2) is 0 Å². The van der Waals surface area contributed by atoms with Gasteiger partial charge in [-0.2, -0.15) is 0 Å². The molecule has 0 fully saturated rings. The largest absolute Gasteiger partial charge is 0.497 e. The maximum atomic E-state index is 5.48. The Kier molecular flexibility index (Phi) is 4.40. The van der Waals surface area contributed by atoms with Gasteiger partial charge in [0.2, 0.25) is 0 Å². The Morgan fingerprint density at radius 1 is 0.633 bits per heavy atom. The second kappa shape index (κ2) is 7.23. The predicted octanol–water partition coefficient (Wildman–Crippen LogP) is 6.58. The topological polar surface area (TPSA) is 18.5 Å². The number of hydrogen-bond donors (Lipinski definition) is 0. The lowest BCUT2D eigenvalue weighted by atomic mass is 9.68. The number of hydrogen-bond acceptors (Lipinski definition) is 2. The zero-order chi connectivity index (χ0) is 20.6. The van der Waals surface area contributed by atoms with E-state index in [1.54, 1.807) is 7.11 Å². The van der Waals surface area contributed by atoms with Crippen LogP contribution >= 0.6 is 0 Å². The Morgan fingerprint density at radius 2 is 1.10 bits per heavy atom. The van der Waals surface area contributed by atoms with Crippen LogP contribution in [0.2, 0.25) is 0 Å². The second-order valence-electron chi connectivity index (χ2n) is 7.38. The first kappa shape index (κ1) is 18.3. The highest BCUT2D eigenvalue weighted by Gasteiger charge is 2.45. The molecule has 146 valence electrons. The average Bonchev–Trinajstić information content (AvgIpc) is 3.11. The van der Waals surface area contributed by atoms with Gasteiger partial charge in [-0.05, 0) is 57.6 Å². The summed E-state index contributed by atoms with van der Waals surface area (Å²) in [6, 6.07) is 34.1. The normalized spacial score (nSPS) is 13.2. The van der Waals surface area contributed by atoms with Crippen LogP contribution in [-0.2, 0) is 5.41 Å². The molecule has 0 saturated carbocycles. The minimum absolute atomic E-state index is 0.411. The molecule has 0 aromatic heterocycles. The smallest absolute Gasteiger partial charge is 0.126 e. The first-order valence-corrected chi connectivity index (χ1v) is 10.0. The zero-order valence-electron chi connectivity index (χ0n) is 16.8. The maximum Gasteiger partial charge on any atom is 0.126 e. The van der Waals surface area contributed by atoms with Crippen LogP contribution in [-0.4, -0.2) is 7.11 Å². The summed E-state index contributed by atoms with van der Waals surface area (Å²) in [5.41, 5.74) is 7.11.